The number of ether oxygens (including phenoxy) is 1. The van der Waals surface area contributed by atoms with Gasteiger partial charge in [0.25, 0.3) is 0 Å². The predicted molar refractivity (Wildman–Crippen MR) is 86.9 cm³/mol. The second-order valence-electron chi connectivity index (χ2n) is 6.10. The molecule has 1 N–H and O–H groups in total. The van der Waals surface area contributed by atoms with Crippen molar-refractivity contribution in [1.82, 2.24) is 5.32 Å². The van der Waals surface area contributed by atoms with Gasteiger partial charge in [0.2, 0.25) is 0 Å². The summed E-state index contributed by atoms with van der Waals surface area (Å²) in [5.41, 5.74) is 5.32. The molecular weight excluding hydrogens is 258 g/mol. The molecule has 2 aromatic carbocycles. The first-order valence-electron chi connectivity index (χ1n) is 7.68. The Kier molecular flexibility index (Phi) is 3.98. The van der Waals surface area contributed by atoms with E-state index in [1.807, 2.05) is 6.07 Å². The molecule has 0 saturated carbocycles. The van der Waals surface area contributed by atoms with Crippen LogP contribution >= 0.6 is 0 Å². The van der Waals surface area contributed by atoms with E-state index in [1.54, 1.807) is 0 Å². The van der Waals surface area contributed by atoms with Crippen molar-refractivity contribution in [2.24, 2.45) is 0 Å². The van der Waals surface area contributed by atoms with Gasteiger partial charge in [0.1, 0.15) is 11.9 Å². The average Bonchev–Trinajstić information content (AvgIpc) is 2.86. The van der Waals surface area contributed by atoms with Crippen LogP contribution < -0.4 is 10.1 Å². The fourth-order valence-corrected chi connectivity index (χ4v) is 3.05. The van der Waals surface area contributed by atoms with Crippen molar-refractivity contribution in [2.75, 3.05) is 6.54 Å². The van der Waals surface area contributed by atoms with E-state index < -0.39 is 0 Å². The molecule has 0 fully saturated rings. The van der Waals surface area contributed by atoms with Gasteiger partial charge in [-0.15, -0.1) is 0 Å². The lowest BCUT2D eigenvalue weighted by Crippen LogP contribution is -2.31. The number of para-hydroxylation sites is 1. The van der Waals surface area contributed by atoms with Crippen LogP contribution in [0.5, 0.6) is 5.75 Å². The maximum absolute atomic E-state index is 5.98. The zero-order valence-electron chi connectivity index (χ0n) is 13.0. The SMILES string of the molecule is Cc1cc(C)cc(C(C)NCC2Cc3ccccc3O2)c1. The molecule has 3 rings (SSSR count). The number of fused-ring (bicyclic) bond motifs is 1. The van der Waals surface area contributed by atoms with Crippen molar-refractivity contribution in [3.63, 3.8) is 0 Å². The molecule has 110 valence electrons. The molecule has 0 aromatic heterocycles. The lowest BCUT2D eigenvalue weighted by molar-refractivity contribution is 0.222. The minimum atomic E-state index is 0.246. The highest BCUT2D eigenvalue weighted by atomic mass is 16.5. The van der Waals surface area contributed by atoms with Crippen LogP contribution in [0.3, 0.4) is 0 Å². The molecule has 1 aliphatic rings. The summed E-state index contributed by atoms with van der Waals surface area (Å²) < 4.78 is 5.98. The maximum Gasteiger partial charge on any atom is 0.123 e. The number of hydrogen-bond donors (Lipinski definition) is 1. The first kappa shape index (κ1) is 14.2. The van der Waals surface area contributed by atoms with Crippen LogP contribution in [0.15, 0.2) is 42.5 Å². The predicted octanol–water partition coefficient (Wildman–Crippen LogP) is 3.96. The molecule has 0 bridgehead atoms. The van der Waals surface area contributed by atoms with Crippen LogP contribution in [0.25, 0.3) is 0 Å². The highest BCUT2D eigenvalue weighted by Crippen LogP contribution is 2.28. The zero-order chi connectivity index (χ0) is 14.8. The number of hydrogen-bond acceptors (Lipinski definition) is 2. The third kappa shape index (κ3) is 3.27. The van der Waals surface area contributed by atoms with Crippen molar-refractivity contribution in [2.45, 2.75) is 39.3 Å². The lowest BCUT2D eigenvalue weighted by Gasteiger charge is -2.18. The summed E-state index contributed by atoms with van der Waals surface area (Å²) in [4.78, 5) is 0. The van der Waals surface area contributed by atoms with Crippen molar-refractivity contribution in [3.8, 4) is 5.75 Å². The van der Waals surface area contributed by atoms with E-state index in [9.17, 15) is 0 Å². The van der Waals surface area contributed by atoms with E-state index >= 15 is 0 Å². The van der Waals surface area contributed by atoms with E-state index in [0.29, 0.717) is 6.04 Å². The maximum atomic E-state index is 5.98. The minimum absolute atomic E-state index is 0.246. The second-order valence-corrected chi connectivity index (χ2v) is 6.10. The Morgan fingerprint density at radius 2 is 1.86 bits per heavy atom. The van der Waals surface area contributed by atoms with Crippen molar-refractivity contribution >= 4 is 0 Å². The van der Waals surface area contributed by atoms with Crippen molar-refractivity contribution in [1.29, 1.82) is 0 Å². The van der Waals surface area contributed by atoms with Gasteiger partial charge in [-0.2, -0.15) is 0 Å². The molecule has 1 heterocycles. The fourth-order valence-electron chi connectivity index (χ4n) is 3.05. The molecule has 0 radical (unpaired) electrons. The molecule has 0 saturated heterocycles. The summed E-state index contributed by atoms with van der Waals surface area (Å²) in [5.74, 6) is 1.04. The molecule has 0 amide bonds. The van der Waals surface area contributed by atoms with Crippen LogP contribution in [0.4, 0.5) is 0 Å². The summed E-state index contributed by atoms with van der Waals surface area (Å²) in [6.07, 6.45) is 1.25. The van der Waals surface area contributed by atoms with E-state index in [1.165, 1.54) is 22.3 Å². The molecule has 2 heteroatoms. The summed E-state index contributed by atoms with van der Waals surface area (Å²) in [6.45, 7) is 7.40. The van der Waals surface area contributed by atoms with Gasteiger partial charge < -0.3 is 10.1 Å². The van der Waals surface area contributed by atoms with Crippen LogP contribution in [-0.4, -0.2) is 12.6 Å². The summed E-state index contributed by atoms with van der Waals surface area (Å²) in [7, 11) is 0. The van der Waals surface area contributed by atoms with Crippen molar-refractivity contribution < 1.29 is 4.74 Å². The number of benzene rings is 2. The Balaban J connectivity index is 1.59. The van der Waals surface area contributed by atoms with Gasteiger partial charge in [0.05, 0.1) is 0 Å². The molecule has 2 unspecified atom stereocenters. The monoisotopic (exact) mass is 281 g/mol. The molecule has 0 spiro atoms. The largest absolute Gasteiger partial charge is 0.488 e. The van der Waals surface area contributed by atoms with E-state index in [2.05, 4.69) is 62.5 Å². The first-order valence-corrected chi connectivity index (χ1v) is 7.68. The molecule has 2 nitrogen and oxygen atoms in total. The fraction of sp³-hybridized carbons (Fsp3) is 0.368. The van der Waals surface area contributed by atoms with Gasteiger partial charge in [-0.05, 0) is 38.0 Å². The zero-order valence-corrected chi connectivity index (χ0v) is 13.0. The van der Waals surface area contributed by atoms with Gasteiger partial charge in [-0.1, -0.05) is 47.5 Å². The summed E-state index contributed by atoms with van der Waals surface area (Å²) in [6, 6.07) is 15.4. The Bertz CT molecular complexity index is 590. The Labute approximate surface area is 127 Å². The summed E-state index contributed by atoms with van der Waals surface area (Å²) >= 11 is 0. The number of rotatable bonds is 4. The molecule has 1 aliphatic heterocycles. The van der Waals surface area contributed by atoms with E-state index in [-0.39, 0.29) is 6.10 Å². The van der Waals surface area contributed by atoms with Crippen LogP contribution in [-0.2, 0) is 6.42 Å². The topological polar surface area (TPSA) is 21.3 Å². The molecule has 21 heavy (non-hydrogen) atoms. The highest BCUT2D eigenvalue weighted by molar-refractivity contribution is 5.37. The van der Waals surface area contributed by atoms with Gasteiger partial charge in [-0.25, -0.2) is 0 Å². The van der Waals surface area contributed by atoms with Gasteiger partial charge in [0, 0.05) is 19.0 Å². The minimum Gasteiger partial charge on any atom is -0.488 e. The normalized spacial score (nSPS) is 18.1. The van der Waals surface area contributed by atoms with Gasteiger partial charge in [0.15, 0.2) is 0 Å². The molecular formula is C19H23NO. The third-order valence-corrected chi connectivity index (χ3v) is 4.11. The summed E-state index contributed by atoms with van der Waals surface area (Å²) in [5, 5.41) is 3.61. The first-order chi connectivity index (χ1) is 10.1. The van der Waals surface area contributed by atoms with Gasteiger partial charge in [-0.3, -0.25) is 0 Å². The van der Waals surface area contributed by atoms with E-state index in [0.717, 1.165) is 18.7 Å². The Hall–Kier alpha value is -1.80. The quantitative estimate of drug-likeness (QED) is 0.916. The highest BCUT2D eigenvalue weighted by Gasteiger charge is 2.22. The van der Waals surface area contributed by atoms with E-state index in [4.69, 9.17) is 4.74 Å². The smallest absolute Gasteiger partial charge is 0.123 e. The average molecular weight is 281 g/mol. The Morgan fingerprint density at radius 1 is 1.14 bits per heavy atom. The van der Waals surface area contributed by atoms with Crippen LogP contribution in [0.2, 0.25) is 0 Å². The number of aryl methyl sites for hydroxylation is 2. The standard InChI is InChI=1S/C19H23NO/c1-13-8-14(2)10-17(9-13)15(3)20-12-18-11-16-6-4-5-7-19(16)21-18/h4-10,15,18,20H,11-12H2,1-3H3. The third-order valence-electron chi connectivity index (χ3n) is 4.11. The van der Waals surface area contributed by atoms with Crippen molar-refractivity contribution in [3.05, 3.63) is 64.7 Å². The number of nitrogens with one attached hydrogen (secondary N) is 1. The second kappa shape index (κ2) is 5.90. The van der Waals surface area contributed by atoms with Crippen LogP contribution in [0.1, 0.15) is 35.2 Å². The lowest BCUT2D eigenvalue weighted by atomic mass is 10.0. The van der Waals surface area contributed by atoms with Gasteiger partial charge >= 0.3 is 0 Å². The molecule has 2 aromatic rings. The Morgan fingerprint density at radius 3 is 2.57 bits per heavy atom. The van der Waals surface area contributed by atoms with Crippen LogP contribution in [0, 0.1) is 13.8 Å². The molecule has 2 atom stereocenters. The molecule has 0 aliphatic carbocycles.